The molecule has 0 saturated carbocycles. The molecule has 0 aliphatic heterocycles. The Morgan fingerprint density at radius 2 is 1.95 bits per heavy atom. The maximum atomic E-state index is 12.1. The maximum absolute atomic E-state index is 12.1. The van der Waals surface area contributed by atoms with Gasteiger partial charge in [0.05, 0.1) is 28.9 Å². The molecule has 0 fully saturated rings. The third-order valence-electron chi connectivity index (χ3n) is 2.99. The molecular formula is C14H11ClN4OS. The van der Waals surface area contributed by atoms with Crippen molar-refractivity contribution in [1.29, 1.82) is 0 Å². The largest absolute Gasteiger partial charge is 0.399 e. The first kappa shape index (κ1) is 13.8. The first-order valence-corrected chi connectivity index (χ1v) is 7.29. The molecule has 7 heteroatoms. The van der Waals surface area contributed by atoms with E-state index in [-0.39, 0.29) is 12.3 Å². The zero-order valence-electron chi connectivity index (χ0n) is 10.8. The van der Waals surface area contributed by atoms with Crippen LogP contribution in [0.25, 0.3) is 11.0 Å². The third kappa shape index (κ3) is 2.96. The summed E-state index contributed by atoms with van der Waals surface area (Å²) in [6.45, 7) is 0. The number of nitrogens with one attached hydrogen (secondary N) is 1. The molecular weight excluding hydrogens is 308 g/mol. The normalized spacial score (nSPS) is 10.7. The van der Waals surface area contributed by atoms with Crippen LogP contribution in [-0.4, -0.2) is 14.7 Å². The van der Waals surface area contributed by atoms with Crippen molar-refractivity contribution in [2.45, 2.75) is 6.42 Å². The van der Waals surface area contributed by atoms with Gasteiger partial charge in [0.1, 0.15) is 11.0 Å². The molecule has 0 spiro atoms. The standard InChI is InChI=1S/C14H11ClN4OS/c15-10-5-6-11-14(19-21-18-11)13(10)17-12(20)7-8-1-3-9(16)4-2-8/h1-6H,7,16H2,(H,17,20). The van der Waals surface area contributed by atoms with Gasteiger partial charge in [0.15, 0.2) is 0 Å². The molecule has 0 aliphatic rings. The molecule has 106 valence electrons. The lowest BCUT2D eigenvalue weighted by atomic mass is 10.1. The van der Waals surface area contributed by atoms with Gasteiger partial charge in [-0.1, -0.05) is 23.7 Å². The summed E-state index contributed by atoms with van der Waals surface area (Å²) in [5.74, 6) is -0.165. The van der Waals surface area contributed by atoms with Crippen molar-refractivity contribution in [1.82, 2.24) is 8.75 Å². The SMILES string of the molecule is Nc1ccc(CC(=O)Nc2c(Cl)ccc3nsnc23)cc1. The Kier molecular flexibility index (Phi) is 3.72. The fraction of sp³-hybridized carbons (Fsp3) is 0.0714. The minimum absolute atomic E-state index is 0.165. The fourth-order valence-corrected chi connectivity index (χ4v) is 2.69. The summed E-state index contributed by atoms with van der Waals surface area (Å²) in [5.41, 5.74) is 8.99. The van der Waals surface area contributed by atoms with Gasteiger partial charge in [-0.2, -0.15) is 8.75 Å². The van der Waals surface area contributed by atoms with Crippen LogP contribution in [0.1, 0.15) is 5.56 Å². The van der Waals surface area contributed by atoms with Crippen LogP contribution in [0.3, 0.4) is 0 Å². The van der Waals surface area contributed by atoms with Gasteiger partial charge in [0.2, 0.25) is 5.91 Å². The summed E-state index contributed by atoms with van der Waals surface area (Å²) < 4.78 is 8.29. The van der Waals surface area contributed by atoms with E-state index in [1.54, 1.807) is 24.3 Å². The predicted octanol–water partition coefficient (Wildman–Crippen LogP) is 3.11. The average molecular weight is 319 g/mol. The van der Waals surface area contributed by atoms with Crippen LogP contribution in [0.15, 0.2) is 36.4 Å². The Hall–Kier alpha value is -2.18. The van der Waals surface area contributed by atoms with Crippen LogP contribution >= 0.6 is 23.3 Å². The van der Waals surface area contributed by atoms with E-state index in [1.807, 2.05) is 12.1 Å². The molecule has 3 rings (SSSR count). The molecule has 3 aromatic rings. The summed E-state index contributed by atoms with van der Waals surface area (Å²) in [7, 11) is 0. The van der Waals surface area contributed by atoms with E-state index in [0.717, 1.165) is 17.3 Å². The Labute approximate surface area is 130 Å². The topological polar surface area (TPSA) is 80.9 Å². The van der Waals surface area contributed by atoms with Gasteiger partial charge in [-0.25, -0.2) is 0 Å². The number of rotatable bonds is 3. The van der Waals surface area contributed by atoms with E-state index >= 15 is 0 Å². The van der Waals surface area contributed by atoms with Crippen molar-refractivity contribution in [3.63, 3.8) is 0 Å². The smallest absolute Gasteiger partial charge is 0.228 e. The lowest BCUT2D eigenvalue weighted by Crippen LogP contribution is -2.15. The van der Waals surface area contributed by atoms with Gasteiger partial charge >= 0.3 is 0 Å². The second kappa shape index (κ2) is 5.67. The fourth-order valence-electron chi connectivity index (χ4n) is 1.95. The highest BCUT2D eigenvalue weighted by Crippen LogP contribution is 2.30. The van der Waals surface area contributed by atoms with E-state index in [9.17, 15) is 4.79 Å². The van der Waals surface area contributed by atoms with Gasteiger partial charge in [0.25, 0.3) is 0 Å². The monoisotopic (exact) mass is 318 g/mol. The summed E-state index contributed by atoms with van der Waals surface area (Å²) >= 11 is 7.22. The quantitative estimate of drug-likeness (QED) is 0.727. The second-order valence-corrected chi connectivity index (χ2v) is 5.46. The molecule has 0 saturated heterocycles. The molecule has 5 nitrogen and oxygen atoms in total. The number of hydrogen-bond acceptors (Lipinski definition) is 5. The van der Waals surface area contributed by atoms with Gasteiger partial charge in [-0.15, -0.1) is 0 Å². The van der Waals surface area contributed by atoms with E-state index in [2.05, 4.69) is 14.1 Å². The van der Waals surface area contributed by atoms with Crippen molar-refractivity contribution in [3.8, 4) is 0 Å². The van der Waals surface area contributed by atoms with Gasteiger partial charge in [0, 0.05) is 5.69 Å². The van der Waals surface area contributed by atoms with E-state index in [4.69, 9.17) is 17.3 Å². The molecule has 1 aromatic heterocycles. The lowest BCUT2D eigenvalue weighted by molar-refractivity contribution is -0.115. The average Bonchev–Trinajstić information content (AvgIpc) is 2.93. The Bertz CT molecular complexity index is 800. The van der Waals surface area contributed by atoms with Crippen molar-refractivity contribution in [3.05, 3.63) is 47.0 Å². The number of anilines is 2. The Balaban J connectivity index is 1.81. The molecule has 0 atom stereocenters. The van der Waals surface area contributed by atoms with E-state index < -0.39 is 0 Å². The van der Waals surface area contributed by atoms with Crippen molar-refractivity contribution in [2.24, 2.45) is 0 Å². The number of nitrogens with two attached hydrogens (primary N) is 1. The number of nitrogens with zero attached hydrogens (tertiary/aromatic N) is 2. The van der Waals surface area contributed by atoms with Crippen LogP contribution < -0.4 is 11.1 Å². The number of aromatic nitrogens is 2. The number of amides is 1. The number of fused-ring (bicyclic) bond motifs is 1. The predicted molar refractivity (Wildman–Crippen MR) is 85.6 cm³/mol. The zero-order valence-corrected chi connectivity index (χ0v) is 12.4. The molecule has 2 aromatic carbocycles. The molecule has 1 amide bonds. The summed E-state index contributed by atoms with van der Waals surface area (Å²) in [4.78, 5) is 12.1. The van der Waals surface area contributed by atoms with Crippen molar-refractivity contribution >= 4 is 51.6 Å². The maximum Gasteiger partial charge on any atom is 0.228 e. The molecule has 0 radical (unpaired) electrons. The zero-order chi connectivity index (χ0) is 14.8. The van der Waals surface area contributed by atoms with Crippen LogP contribution in [0, 0.1) is 0 Å². The first-order valence-electron chi connectivity index (χ1n) is 6.18. The Morgan fingerprint density at radius 3 is 2.71 bits per heavy atom. The highest BCUT2D eigenvalue weighted by molar-refractivity contribution is 7.00. The summed E-state index contributed by atoms with van der Waals surface area (Å²) in [6.07, 6.45) is 0.241. The van der Waals surface area contributed by atoms with Crippen LogP contribution in [0.2, 0.25) is 5.02 Å². The highest BCUT2D eigenvalue weighted by Gasteiger charge is 2.13. The van der Waals surface area contributed by atoms with Gasteiger partial charge in [-0.3, -0.25) is 4.79 Å². The summed E-state index contributed by atoms with van der Waals surface area (Å²) in [6, 6.07) is 10.6. The van der Waals surface area contributed by atoms with E-state index in [0.29, 0.717) is 27.4 Å². The number of carbonyl (C=O) groups excluding carboxylic acids is 1. The number of carbonyl (C=O) groups is 1. The number of halogens is 1. The number of benzene rings is 2. The Morgan fingerprint density at radius 1 is 1.19 bits per heavy atom. The second-order valence-electron chi connectivity index (χ2n) is 4.52. The molecule has 21 heavy (non-hydrogen) atoms. The lowest BCUT2D eigenvalue weighted by Gasteiger charge is -2.08. The first-order chi connectivity index (χ1) is 10.1. The molecule has 3 N–H and O–H groups in total. The molecule has 0 unspecified atom stereocenters. The minimum Gasteiger partial charge on any atom is -0.399 e. The molecule has 0 bridgehead atoms. The van der Waals surface area contributed by atoms with E-state index in [1.165, 1.54) is 0 Å². The van der Waals surface area contributed by atoms with Crippen molar-refractivity contribution < 1.29 is 4.79 Å². The molecule has 0 aliphatic carbocycles. The van der Waals surface area contributed by atoms with Crippen LogP contribution in [-0.2, 0) is 11.2 Å². The minimum atomic E-state index is -0.165. The third-order valence-corrected chi connectivity index (χ3v) is 3.84. The van der Waals surface area contributed by atoms with Crippen LogP contribution in [0.5, 0.6) is 0 Å². The molecule has 1 heterocycles. The summed E-state index contributed by atoms with van der Waals surface area (Å²) in [5, 5.41) is 3.25. The van der Waals surface area contributed by atoms with Gasteiger partial charge < -0.3 is 11.1 Å². The highest BCUT2D eigenvalue weighted by atomic mass is 35.5. The van der Waals surface area contributed by atoms with Crippen LogP contribution in [0.4, 0.5) is 11.4 Å². The number of hydrogen-bond donors (Lipinski definition) is 2. The number of nitrogen functional groups attached to an aromatic ring is 1. The van der Waals surface area contributed by atoms with Crippen molar-refractivity contribution in [2.75, 3.05) is 11.1 Å². The van der Waals surface area contributed by atoms with Gasteiger partial charge in [-0.05, 0) is 29.8 Å².